The minimum absolute atomic E-state index is 0.318. The van der Waals surface area contributed by atoms with Crippen molar-refractivity contribution in [1.82, 2.24) is 9.78 Å². The van der Waals surface area contributed by atoms with Crippen LogP contribution in [0.1, 0.15) is 18.5 Å². The molecule has 1 aromatic carbocycles. The Kier molecular flexibility index (Phi) is 4.41. The number of nitrogens with one attached hydrogen (secondary N) is 1. The molecule has 2 N–H and O–H groups in total. The van der Waals surface area contributed by atoms with Crippen LogP contribution in [0.15, 0.2) is 30.5 Å². The number of anilines is 1. The lowest BCUT2D eigenvalue weighted by Crippen LogP contribution is -2.45. The van der Waals surface area contributed by atoms with E-state index in [1.165, 1.54) is 16.9 Å². The van der Waals surface area contributed by atoms with E-state index in [-0.39, 0.29) is 5.82 Å². The molecule has 1 aliphatic heterocycles. The fourth-order valence-electron chi connectivity index (χ4n) is 2.57. The number of carbonyl (C=O) groups excluding carboxylic acids is 1. The maximum Gasteiger partial charge on any atom is 0.256 e. The normalized spacial score (nSPS) is 17.0. The number of nitrogens with zero attached hydrogens (tertiary/aromatic N) is 2. The number of hydrogen-bond donors (Lipinski definition) is 2. The number of aliphatic hydroxyl groups is 1. The van der Waals surface area contributed by atoms with E-state index in [0.717, 1.165) is 11.5 Å². The molecule has 0 saturated carbocycles. The molecule has 1 fully saturated rings. The topological polar surface area (TPSA) is 67.2 Å². The molecular formula is C16H18FN3O2S. The van der Waals surface area contributed by atoms with Crippen LogP contribution in [-0.2, 0) is 4.79 Å². The average Bonchev–Trinajstić information content (AvgIpc) is 2.89. The molecule has 1 aliphatic rings. The number of aromatic nitrogens is 2. The summed E-state index contributed by atoms with van der Waals surface area (Å²) in [7, 11) is 0. The van der Waals surface area contributed by atoms with Crippen LogP contribution in [0.5, 0.6) is 0 Å². The molecule has 2 aromatic rings. The summed E-state index contributed by atoms with van der Waals surface area (Å²) in [6.07, 6.45) is 2.34. The number of benzene rings is 1. The van der Waals surface area contributed by atoms with Gasteiger partial charge < -0.3 is 10.4 Å². The van der Waals surface area contributed by atoms with Crippen LogP contribution >= 0.6 is 11.8 Å². The van der Waals surface area contributed by atoms with Crippen molar-refractivity contribution in [2.45, 2.75) is 25.4 Å². The van der Waals surface area contributed by atoms with Gasteiger partial charge in [-0.1, -0.05) is 12.1 Å². The van der Waals surface area contributed by atoms with Gasteiger partial charge in [0.2, 0.25) is 0 Å². The Morgan fingerprint density at radius 1 is 1.39 bits per heavy atom. The van der Waals surface area contributed by atoms with Crippen molar-refractivity contribution in [3.8, 4) is 5.69 Å². The third kappa shape index (κ3) is 3.11. The van der Waals surface area contributed by atoms with Crippen molar-refractivity contribution in [2.24, 2.45) is 0 Å². The molecule has 1 amide bonds. The van der Waals surface area contributed by atoms with Gasteiger partial charge in [0.15, 0.2) is 0 Å². The van der Waals surface area contributed by atoms with Crippen LogP contribution in [-0.4, -0.2) is 37.9 Å². The molecule has 0 aliphatic carbocycles. The predicted octanol–water partition coefficient (Wildman–Crippen LogP) is 2.52. The fourth-order valence-corrected chi connectivity index (χ4v) is 3.74. The number of thioether (sulfide) groups is 1. The van der Waals surface area contributed by atoms with Gasteiger partial charge in [-0.05, 0) is 43.4 Å². The summed E-state index contributed by atoms with van der Waals surface area (Å²) in [5.74, 6) is 0.711. The quantitative estimate of drug-likeness (QED) is 0.904. The van der Waals surface area contributed by atoms with E-state index >= 15 is 0 Å². The van der Waals surface area contributed by atoms with Crippen LogP contribution < -0.4 is 5.32 Å². The fraction of sp³-hybridized carbons (Fsp3) is 0.375. The molecule has 0 bridgehead atoms. The maximum atomic E-state index is 13.9. The van der Waals surface area contributed by atoms with Crippen LogP contribution in [0.25, 0.3) is 5.69 Å². The van der Waals surface area contributed by atoms with E-state index in [1.807, 2.05) is 0 Å². The summed E-state index contributed by atoms with van der Waals surface area (Å²) in [6.45, 7) is 1.75. The lowest BCUT2D eigenvalue weighted by Gasteiger charge is -2.30. The summed E-state index contributed by atoms with van der Waals surface area (Å²) >= 11 is 1.73. The molecule has 2 heterocycles. The third-order valence-electron chi connectivity index (χ3n) is 4.08. The van der Waals surface area contributed by atoms with E-state index < -0.39 is 11.5 Å². The van der Waals surface area contributed by atoms with Crippen LogP contribution in [0.2, 0.25) is 0 Å². The highest BCUT2D eigenvalue weighted by Crippen LogP contribution is 2.29. The Hall–Kier alpha value is -1.86. The first kappa shape index (κ1) is 16.0. The average molecular weight is 335 g/mol. The number of rotatable bonds is 3. The first-order valence-electron chi connectivity index (χ1n) is 7.42. The second-order valence-electron chi connectivity index (χ2n) is 5.60. The van der Waals surface area contributed by atoms with Gasteiger partial charge in [0, 0.05) is 0 Å². The Balaban J connectivity index is 1.83. The summed E-state index contributed by atoms with van der Waals surface area (Å²) < 4.78 is 15.3. The number of carbonyl (C=O) groups is 1. The summed E-state index contributed by atoms with van der Waals surface area (Å²) in [6, 6.07) is 6.31. The molecule has 3 rings (SSSR count). The molecular weight excluding hydrogens is 317 g/mol. The molecule has 1 aromatic heterocycles. The first-order valence-corrected chi connectivity index (χ1v) is 8.58. The summed E-state index contributed by atoms with van der Waals surface area (Å²) in [5, 5.41) is 17.3. The number of halogens is 1. The molecule has 0 spiro atoms. The Bertz CT molecular complexity index is 726. The molecule has 0 radical (unpaired) electrons. The maximum absolute atomic E-state index is 13.9. The van der Waals surface area contributed by atoms with Gasteiger partial charge in [-0.3, -0.25) is 4.79 Å². The highest BCUT2D eigenvalue weighted by molar-refractivity contribution is 7.99. The van der Waals surface area contributed by atoms with Crippen molar-refractivity contribution >= 4 is 23.4 Å². The Morgan fingerprint density at radius 2 is 2.09 bits per heavy atom. The van der Waals surface area contributed by atoms with Gasteiger partial charge >= 0.3 is 0 Å². The van der Waals surface area contributed by atoms with Crippen LogP contribution in [0, 0.1) is 12.7 Å². The van der Waals surface area contributed by atoms with Gasteiger partial charge in [0.05, 0.1) is 17.6 Å². The van der Waals surface area contributed by atoms with Gasteiger partial charge in [-0.15, -0.1) is 0 Å². The SMILES string of the molecule is Cc1c(NC(=O)C2(O)CCSCC2)cnn1-c1ccccc1F. The molecule has 0 atom stereocenters. The highest BCUT2D eigenvalue weighted by Gasteiger charge is 2.37. The minimum atomic E-state index is -1.34. The summed E-state index contributed by atoms with van der Waals surface area (Å²) in [4.78, 5) is 12.4. The lowest BCUT2D eigenvalue weighted by molar-refractivity contribution is -0.134. The van der Waals surface area contributed by atoms with Gasteiger partial charge in [0.1, 0.15) is 17.1 Å². The highest BCUT2D eigenvalue weighted by atomic mass is 32.2. The third-order valence-corrected chi connectivity index (χ3v) is 5.07. The minimum Gasteiger partial charge on any atom is -0.380 e. The lowest BCUT2D eigenvalue weighted by atomic mass is 9.96. The zero-order valence-electron chi connectivity index (χ0n) is 12.8. The van der Waals surface area contributed by atoms with E-state index in [4.69, 9.17) is 0 Å². The molecule has 122 valence electrons. The van der Waals surface area contributed by atoms with Gasteiger partial charge in [-0.25, -0.2) is 9.07 Å². The first-order chi connectivity index (χ1) is 11.0. The van der Waals surface area contributed by atoms with Gasteiger partial charge in [-0.2, -0.15) is 16.9 Å². The standard InChI is InChI=1S/C16H18FN3O2S/c1-11-13(19-15(21)16(22)6-8-23-9-7-16)10-18-20(11)14-5-3-2-4-12(14)17/h2-5,10,22H,6-9H2,1H3,(H,19,21). The molecule has 1 saturated heterocycles. The molecule has 5 nitrogen and oxygen atoms in total. The van der Waals surface area contributed by atoms with E-state index in [1.54, 1.807) is 36.9 Å². The second-order valence-corrected chi connectivity index (χ2v) is 6.83. The number of para-hydroxylation sites is 1. The van der Waals surface area contributed by atoms with Crippen LogP contribution in [0.4, 0.5) is 10.1 Å². The monoisotopic (exact) mass is 335 g/mol. The van der Waals surface area contributed by atoms with Crippen molar-refractivity contribution in [3.63, 3.8) is 0 Å². The van der Waals surface area contributed by atoms with E-state index in [2.05, 4.69) is 10.4 Å². The zero-order chi connectivity index (χ0) is 16.4. The smallest absolute Gasteiger partial charge is 0.256 e. The number of amides is 1. The zero-order valence-corrected chi connectivity index (χ0v) is 13.6. The Morgan fingerprint density at radius 3 is 2.78 bits per heavy atom. The van der Waals surface area contributed by atoms with Crippen molar-refractivity contribution in [3.05, 3.63) is 42.0 Å². The van der Waals surface area contributed by atoms with E-state index in [0.29, 0.717) is 29.9 Å². The Labute approximate surface area is 137 Å². The summed E-state index contributed by atoms with van der Waals surface area (Å²) in [5.41, 5.74) is 0.0676. The van der Waals surface area contributed by atoms with Crippen molar-refractivity contribution < 1.29 is 14.3 Å². The number of hydrogen-bond acceptors (Lipinski definition) is 4. The molecule has 0 unspecified atom stereocenters. The van der Waals surface area contributed by atoms with Gasteiger partial charge in [0.25, 0.3) is 5.91 Å². The van der Waals surface area contributed by atoms with Crippen LogP contribution in [0.3, 0.4) is 0 Å². The predicted molar refractivity (Wildman–Crippen MR) is 88.4 cm³/mol. The molecule has 7 heteroatoms. The van der Waals surface area contributed by atoms with Crippen molar-refractivity contribution in [2.75, 3.05) is 16.8 Å². The second kappa shape index (κ2) is 6.33. The van der Waals surface area contributed by atoms with Crippen molar-refractivity contribution in [1.29, 1.82) is 0 Å². The van der Waals surface area contributed by atoms with E-state index in [9.17, 15) is 14.3 Å². The largest absolute Gasteiger partial charge is 0.380 e. The molecule has 23 heavy (non-hydrogen) atoms.